The third-order valence-electron chi connectivity index (χ3n) is 5.76. The lowest BCUT2D eigenvalue weighted by Crippen LogP contribution is -2.44. The number of nitrogens with zero attached hydrogens (tertiary/aromatic N) is 1. The van der Waals surface area contributed by atoms with E-state index in [-0.39, 0.29) is 33.9 Å². The molecule has 0 saturated carbocycles. The van der Waals surface area contributed by atoms with Crippen molar-refractivity contribution >= 4 is 29.2 Å². The van der Waals surface area contributed by atoms with E-state index in [2.05, 4.69) is 36.4 Å². The number of aromatic nitrogens is 1. The molecule has 0 aliphatic carbocycles. The van der Waals surface area contributed by atoms with Crippen LogP contribution in [0, 0.1) is 5.92 Å². The van der Waals surface area contributed by atoms with E-state index in [1.54, 1.807) is 18.2 Å². The second-order valence-electron chi connectivity index (χ2n) is 10.9. The fourth-order valence-electron chi connectivity index (χ4n) is 4.05. The summed E-state index contributed by atoms with van der Waals surface area (Å²) in [4.78, 5) is 30.0. The molecular formula is C27H36ClN3O4. The highest BCUT2D eigenvalue weighted by Gasteiger charge is 2.36. The minimum atomic E-state index is -0.754. The first-order chi connectivity index (χ1) is 16.3. The minimum Gasteiger partial charge on any atom is -0.478 e. The van der Waals surface area contributed by atoms with Crippen molar-refractivity contribution in [1.29, 1.82) is 0 Å². The molecule has 1 aromatic carbocycles. The van der Waals surface area contributed by atoms with Gasteiger partial charge in [0.15, 0.2) is 6.10 Å². The van der Waals surface area contributed by atoms with E-state index in [1.165, 1.54) is 6.20 Å². The van der Waals surface area contributed by atoms with E-state index in [9.17, 15) is 9.59 Å². The quantitative estimate of drug-likeness (QED) is 0.408. The van der Waals surface area contributed by atoms with Crippen molar-refractivity contribution in [2.45, 2.75) is 71.5 Å². The summed E-state index contributed by atoms with van der Waals surface area (Å²) in [5.74, 6) is -0.186. The monoisotopic (exact) mass is 501 g/mol. The molecule has 1 aromatic heterocycles. The summed E-state index contributed by atoms with van der Waals surface area (Å²) in [6.07, 6.45) is 2.40. The summed E-state index contributed by atoms with van der Waals surface area (Å²) in [5.41, 5.74) is 0.857. The van der Waals surface area contributed by atoms with Gasteiger partial charge in [-0.2, -0.15) is 0 Å². The van der Waals surface area contributed by atoms with Crippen LogP contribution in [0.15, 0.2) is 36.5 Å². The molecule has 8 heteroatoms. The zero-order chi connectivity index (χ0) is 25.8. The topological polar surface area (TPSA) is 89.5 Å². The van der Waals surface area contributed by atoms with E-state index in [1.807, 2.05) is 32.9 Å². The fourth-order valence-corrected chi connectivity index (χ4v) is 4.26. The highest BCUT2D eigenvalue weighted by Crippen LogP contribution is 2.36. The molecule has 190 valence electrons. The first-order valence-electron chi connectivity index (χ1n) is 12.0. The Hall–Kier alpha value is -2.64. The maximum atomic E-state index is 13.2. The number of pyridine rings is 1. The predicted molar refractivity (Wildman–Crippen MR) is 138 cm³/mol. The van der Waals surface area contributed by atoms with E-state index in [0.717, 1.165) is 31.5 Å². The van der Waals surface area contributed by atoms with Crippen LogP contribution < -0.4 is 15.4 Å². The number of hydrogen-bond acceptors (Lipinski definition) is 6. The molecule has 0 radical (unpaired) electrons. The number of esters is 1. The Labute approximate surface area is 212 Å². The Morgan fingerprint density at radius 2 is 1.80 bits per heavy atom. The number of rotatable bonds is 6. The molecule has 0 bridgehead atoms. The lowest BCUT2D eigenvalue weighted by atomic mass is 9.86. The van der Waals surface area contributed by atoms with Gasteiger partial charge in [-0.3, -0.25) is 4.79 Å². The lowest BCUT2D eigenvalue weighted by Gasteiger charge is -2.33. The van der Waals surface area contributed by atoms with Crippen LogP contribution in [0.5, 0.6) is 5.75 Å². The van der Waals surface area contributed by atoms with Crippen molar-refractivity contribution in [2.75, 3.05) is 18.4 Å². The van der Waals surface area contributed by atoms with Gasteiger partial charge in [-0.25, -0.2) is 9.78 Å². The van der Waals surface area contributed by atoms with Crippen LogP contribution in [0.1, 0.15) is 70.3 Å². The molecule has 7 nitrogen and oxygen atoms in total. The van der Waals surface area contributed by atoms with Crippen LogP contribution >= 0.6 is 11.6 Å². The Bertz CT molecular complexity index is 1050. The van der Waals surface area contributed by atoms with Crippen molar-refractivity contribution in [3.05, 3.63) is 52.8 Å². The Balaban J connectivity index is 1.95. The molecule has 1 amide bonds. The van der Waals surface area contributed by atoms with Gasteiger partial charge in [-0.05, 0) is 75.9 Å². The first-order valence-corrected chi connectivity index (χ1v) is 12.4. The third kappa shape index (κ3) is 7.42. The Morgan fingerprint density at radius 3 is 2.40 bits per heavy atom. The van der Waals surface area contributed by atoms with Gasteiger partial charge in [0.1, 0.15) is 16.5 Å². The minimum absolute atomic E-state index is 0.0198. The van der Waals surface area contributed by atoms with Crippen molar-refractivity contribution in [1.82, 2.24) is 10.3 Å². The number of anilines is 1. The van der Waals surface area contributed by atoms with E-state index in [0.29, 0.717) is 11.4 Å². The number of amides is 1. The van der Waals surface area contributed by atoms with Gasteiger partial charge in [0.2, 0.25) is 0 Å². The van der Waals surface area contributed by atoms with Gasteiger partial charge < -0.3 is 20.1 Å². The van der Waals surface area contributed by atoms with Gasteiger partial charge in [0.25, 0.3) is 5.91 Å². The van der Waals surface area contributed by atoms with Crippen LogP contribution in [0.2, 0.25) is 5.15 Å². The summed E-state index contributed by atoms with van der Waals surface area (Å²) in [6.45, 7) is 13.4. The van der Waals surface area contributed by atoms with Crippen molar-refractivity contribution in [3.8, 4) is 5.75 Å². The van der Waals surface area contributed by atoms with Crippen LogP contribution in [-0.4, -0.2) is 41.7 Å². The molecule has 2 aromatic rings. The summed E-state index contributed by atoms with van der Waals surface area (Å²) in [6, 6.07) is 8.78. The number of nitrogens with one attached hydrogen (secondary N) is 2. The van der Waals surface area contributed by atoms with Gasteiger partial charge in [-0.15, -0.1) is 0 Å². The van der Waals surface area contributed by atoms with Gasteiger partial charge >= 0.3 is 5.97 Å². The molecule has 1 atom stereocenters. The zero-order valence-electron chi connectivity index (χ0n) is 21.4. The molecule has 1 unspecified atom stereocenters. The average molecular weight is 502 g/mol. The molecular weight excluding hydrogens is 466 g/mol. The molecule has 1 aliphatic heterocycles. The largest absolute Gasteiger partial charge is 0.478 e. The van der Waals surface area contributed by atoms with E-state index < -0.39 is 11.7 Å². The highest BCUT2D eigenvalue weighted by atomic mass is 35.5. The highest BCUT2D eigenvalue weighted by molar-refractivity contribution is 6.33. The Morgan fingerprint density at radius 1 is 1.11 bits per heavy atom. The zero-order valence-corrected chi connectivity index (χ0v) is 22.2. The van der Waals surface area contributed by atoms with Gasteiger partial charge in [0.05, 0.1) is 5.56 Å². The van der Waals surface area contributed by atoms with Gasteiger partial charge in [0, 0.05) is 23.9 Å². The van der Waals surface area contributed by atoms with Gasteiger partial charge in [-0.1, -0.05) is 38.4 Å². The summed E-state index contributed by atoms with van der Waals surface area (Å²) in [7, 11) is 0. The molecule has 1 fully saturated rings. The number of hydrogen-bond donors (Lipinski definition) is 2. The number of carbonyl (C=O) groups excluding carboxylic acids is 2. The number of ether oxygens (including phenoxy) is 2. The maximum Gasteiger partial charge on any atom is 0.348 e. The average Bonchev–Trinajstić information content (AvgIpc) is 2.76. The summed E-state index contributed by atoms with van der Waals surface area (Å²) < 4.78 is 12.2. The van der Waals surface area contributed by atoms with Crippen LogP contribution in [-0.2, 0) is 14.9 Å². The second-order valence-corrected chi connectivity index (χ2v) is 11.3. The third-order valence-corrected chi connectivity index (χ3v) is 6.06. The molecule has 2 heterocycles. The molecule has 2 N–H and O–H groups in total. The molecule has 35 heavy (non-hydrogen) atoms. The van der Waals surface area contributed by atoms with Crippen molar-refractivity contribution < 1.29 is 19.1 Å². The fraction of sp³-hybridized carbons (Fsp3) is 0.519. The van der Waals surface area contributed by atoms with Crippen molar-refractivity contribution in [3.63, 3.8) is 0 Å². The van der Waals surface area contributed by atoms with Crippen molar-refractivity contribution in [2.24, 2.45) is 5.92 Å². The SMILES string of the molecule is CC(C)(C)OC(=O)C(Oc1cc(NC(=O)c2cccnc2Cl)ccc1C(C)(C)C)C1CCNCC1. The normalized spacial score (nSPS) is 15.9. The predicted octanol–water partition coefficient (Wildman–Crippen LogP) is 5.37. The molecule has 0 spiro atoms. The number of halogens is 1. The van der Waals surface area contributed by atoms with E-state index >= 15 is 0 Å². The van der Waals surface area contributed by atoms with E-state index in [4.69, 9.17) is 21.1 Å². The Kier molecular flexibility index (Phi) is 8.44. The summed E-state index contributed by atoms with van der Waals surface area (Å²) >= 11 is 6.09. The lowest BCUT2D eigenvalue weighted by molar-refractivity contribution is -0.166. The van der Waals surface area contributed by atoms with Crippen LogP contribution in [0.4, 0.5) is 5.69 Å². The molecule has 1 aliphatic rings. The smallest absolute Gasteiger partial charge is 0.348 e. The van der Waals surface area contributed by atoms with Crippen LogP contribution in [0.3, 0.4) is 0 Å². The second kappa shape index (κ2) is 11.0. The molecule has 1 saturated heterocycles. The standard InChI is InChI=1S/C27H36ClN3O4/c1-26(2,3)20-10-9-18(31-24(32)19-8-7-13-30-23(19)28)16-21(20)34-22(17-11-14-29-15-12-17)25(33)35-27(4,5)6/h7-10,13,16-17,22,29H,11-12,14-15H2,1-6H3,(H,31,32). The first kappa shape index (κ1) is 27.0. The molecule has 3 rings (SSSR count). The number of piperidine rings is 1. The number of benzene rings is 1. The summed E-state index contributed by atoms with van der Waals surface area (Å²) in [5, 5.41) is 6.33. The maximum absolute atomic E-state index is 13.2. The number of carbonyl (C=O) groups is 2. The van der Waals surface area contributed by atoms with Crippen LogP contribution in [0.25, 0.3) is 0 Å².